The number of hydrogen-bond donors (Lipinski definition) is 1. The molecule has 1 aliphatic rings. The lowest BCUT2D eigenvalue weighted by Crippen LogP contribution is -2.12. The van der Waals surface area contributed by atoms with Gasteiger partial charge in [-0.1, -0.05) is 20.8 Å². The van der Waals surface area contributed by atoms with Crippen LogP contribution >= 0.6 is 0 Å². The van der Waals surface area contributed by atoms with Gasteiger partial charge in [-0.05, 0) is 0 Å². The minimum absolute atomic E-state index is 0.0190. The zero-order chi connectivity index (χ0) is 11.3. The van der Waals surface area contributed by atoms with Gasteiger partial charge in [0.25, 0.3) is 0 Å². The van der Waals surface area contributed by atoms with E-state index in [9.17, 15) is 0 Å². The first-order valence-corrected chi connectivity index (χ1v) is 5.34. The molecule has 0 saturated carbocycles. The van der Waals surface area contributed by atoms with E-state index in [4.69, 9.17) is 9.47 Å². The lowest BCUT2D eigenvalue weighted by molar-refractivity contribution is 0.174. The number of hydrogen-bond acceptors (Lipinski definition) is 3. The predicted octanol–water partition coefficient (Wildman–Crippen LogP) is 2.59. The average molecular weight is 218 g/mol. The van der Waals surface area contributed by atoms with Gasteiger partial charge in [-0.25, -0.2) is 4.98 Å². The van der Waals surface area contributed by atoms with E-state index in [0.717, 1.165) is 28.4 Å². The molecule has 0 fully saturated rings. The van der Waals surface area contributed by atoms with E-state index in [1.807, 2.05) is 12.1 Å². The number of nitrogens with one attached hydrogen (secondary N) is 1. The van der Waals surface area contributed by atoms with Crippen LogP contribution in [0.3, 0.4) is 0 Å². The number of aromatic nitrogens is 2. The molecule has 4 nitrogen and oxygen atoms in total. The molecule has 0 unspecified atom stereocenters. The maximum atomic E-state index is 5.33. The highest BCUT2D eigenvalue weighted by Crippen LogP contribution is 2.36. The van der Waals surface area contributed by atoms with Crippen LogP contribution in [0.5, 0.6) is 11.5 Å². The van der Waals surface area contributed by atoms with Crippen molar-refractivity contribution in [1.82, 2.24) is 9.97 Å². The Kier molecular flexibility index (Phi) is 1.73. The monoisotopic (exact) mass is 218 g/mol. The first kappa shape index (κ1) is 9.51. The van der Waals surface area contributed by atoms with Crippen LogP contribution < -0.4 is 9.47 Å². The molecule has 0 aliphatic carbocycles. The fourth-order valence-corrected chi connectivity index (χ4v) is 1.76. The van der Waals surface area contributed by atoms with E-state index < -0.39 is 0 Å². The third-order valence-corrected chi connectivity index (χ3v) is 2.69. The molecule has 0 saturated heterocycles. The highest BCUT2D eigenvalue weighted by molar-refractivity contribution is 5.80. The third-order valence-electron chi connectivity index (χ3n) is 2.69. The van der Waals surface area contributed by atoms with Crippen molar-refractivity contribution in [2.45, 2.75) is 26.2 Å². The van der Waals surface area contributed by atoms with Crippen LogP contribution in [0.4, 0.5) is 0 Å². The molecule has 84 valence electrons. The first-order valence-electron chi connectivity index (χ1n) is 5.34. The van der Waals surface area contributed by atoms with Crippen LogP contribution in [0.25, 0.3) is 11.0 Å². The van der Waals surface area contributed by atoms with Crippen LogP contribution in [0.1, 0.15) is 26.6 Å². The molecule has 4 heteroatoms. The molecule has 2 aromatic rings. The second-order valence-corrected chi connectivity index (χ2v) is 5.06. The van der Waals surface area contributed by atoms with Gasteiger partial charge < -0.3 is 14.5 Å². The van der Waals surface area contributed by atoms with Gasteiger partial charge in [0.1, 0.15) is 5.82 Å². The van der Waals surface area contributed by atoms with E-state index in [1.165, 1.54) is 0 Å². The van der Waals surface area contributed by atoms with Gasteiger partial charge >= 0.3 is 0 Å². The zero-order valence-electron chi connectivity index (χ0n) is 9.63. The van der Waals surface area contributed by atoms with E-state index in [1.54, 1.807) is 0 Å². The summed E-state index contributed by atoms with van der Waals surface area (Å²) in [4.78, 5) is 7.89. The molecule has 16 heavy (non-hydrogen) atoms. The Morgan fingerprint density at radius 2 is 1.88 bits per heavy atom. The minimum Gasteiger partial charge on any atom is -0.454 e. The van der Waals surface area contributed by atoms with Crippen LogP contribution in [0, 0.1) is 0 Å². The maximum absolute atomic E-state index is 5.33. The van der Waals surface area contributed by atoms with E-state index in [2.05, 4.69) is 30.7 Å². The number of fused-ring (bicyclic) bond motifs is 2. The second kappa shape index (κ2) is 2.90. The van der Waals surface area contributed by atoms with E-state index in [0.29, 0.717) is 6.79 Å². The molecule has 3 rings (SSSR count). The Labute approximate surface area is 93.6 Å². The largest absolute Gasteiger partial charge is 0.454 e. The molecule has 1 N–H and O–H groups in total. The minimum atomic E-state index is 0.0190. The van der Waals surface area contributed by atoms with Crippen molar-refractivity contribution >= 4 is 11.0 Å². The fraction of sp³-hybridized carbons (Fsp3) is 0.417. The number of aromatic amines is 1. The highest BCUT2D eigenvalue weighted by atomic mass is 16.7. The summed E-state index contributed by atoms with van der Waals surface area (Å²) < 4.78 is 10.7. The normalized spacial score (nSPS) is 14.7. The van der Waals surface area contributed by atoms with Crippen molar-refractivity contribution in [1.29, 1.82) is 0 Å². The van der Waals surface area contributed by atoms with Crippen LogP contribution in [-0.2, 0) is 5.41 Å². The molecule has 1 aliphatic heterocycles. The molecular weight excluding hydrogens is 204 g/mol. The van der Waals surface area contributed by atoms with Crippen molar-refractivity contribution in [3.8, 4) is 11.5 Å². The van der Waals surface area contributed by atoms with Gasteiger partial charge in [-0.15, -0.1) is 0 Å². The van der Waals surface area contributed by atoms with E-state index in [-0.39, 0.29) is 5.41 Å². The molecule has 1 aromatic heterocycles. The number of ether oxygens (including phenoxy) is 2. The molecule has 0 amide bonds. The van der Waals surface area contributed by atoms with Crippen molar-refractivity contribution < 1.29 is 9.47 Å². The summed E-state index contributed by atoms with van der Waals surface area (Å²) in [6.45, 7) is 6.69. The summed E-state index contributed by atoms with van der Waals surface area (Å²) in [6, 6.07) is 3.86. The topological polar surface area (TPSA) is 47.1 Å². The Balaban J connectivity index is 2.19. The second-order valence-electron chi connectivity index (χ2n) is 5.06. The number of rotatable bonds is 0. The maximum Gasteiger partial charge on any atom is 0.231 e. The summed E-state index contributed by atoms with van der Waals surface area (Å²) in [7, 11) is 0. The van der Waals surface area contributed by atoms with Gasteiger partial charge in [-0.2, -0.15) is 0 Å². The van der Waals surface area contributed by atoms with Crippen molar-refractivity contribution in [2.75, 3.05) is 6.79 Å². The number of H-pyrrole nitrogens is 1. The molecule has 0 radical (unpaired) electrons. The Morgan fingerprint density at radius 3 is 2.56 bits per heavy atom. The number of imidazole rings is 1. The van der Waals surface area contributed by atoms with Crippen molar-refractivity contribution in [3.63, 3.8) is 0 Å². The smallest absolute Gasteiger partial charge is 0.231 e. The predicted molar refractivity (Wildman–Crippen MR) is 60.9 cm³/mol. The van der Waals surface area contributed by atoms with Gasteiger partial charge in [0, 0.05) is 17.5 Å². The summed E-state index contributed by atoms with van der Waals surface area (Å²) in [5.74, 6) is 2.54. The summed E-state index contributed by atoms with van der Waals surface area (Å²) in [5.41, 5.74) is 1.94. The molecule has 0 atom stereocenters. The Bertz CT molecular complexity index is 511. The SMILES string of the molecule is CC(C)(C)c1nc2cc3c(cc2[nH]1)OCO3. The molecule has 2 heterocycles. The lowest BCUT2D eigenvalue weighted by Gasteiger charge is -2.13. The van der Waals surface area contributed by atoms with Crippen molar-refractivity contribution in [3.05, 3.63) is 18.0 Å². The van der Waals surface area contributed by atoms with Gasteiger partial charge in [-0.3, -0.25) is 0 Å². The van der Waals surface area contributed by atoms with Gasteiger partial charge in [0.2, 0.25) is 6.79 Å². The molecule has 0 spiro atoms. The molecular formula is C12H14N2O2. The van der Waals surface area contributed by atoms with Crippen LogP contribution in [0.2, 0.25) is 0 Å². The average Bonchev–Trinajstić information content (AvgIpc) is 2.75. The quantitative estimate of drug-likeness (QED) is 0.739. The molecule has 1 aromatic carbocycles. The zero-order valence-corrected chi connectivity index (χ0v) is 9.63. The first-order chi connectivity index (χ1) is 7.54. The van der Waals surface area contributed by atoms with Gasteiger partial charge in [0.15, 0.2) is 11.5 Å². The van der Waals surface area contributed by atoms with Crippen molar-refractivity contribution in [2.24, 2.45) is 0 Å². The lowest BCUT2D eigenvalue weighted by atomic mass is 9.96. The van der Waals surface area contributed by atoms with Gasteiger partial charge in [0.05, 0.1) is 11.0 Å². The summed E-state index contributed by atoms with van der Waals surface area (Å²) in [6.07, 6.45) is 0. The standard InChI is InChI=1S/C12H14N2O2/c1-12(2,3)11-13-7-4-9-10(16-6-15-9)5-8(7)14-11/h4-5H,6H2,1-3H3,(H,13,14). The highest BCUT2D eigenvalue weighted by Gasteiger charge is 2.21. The number of benzene rings is 1. The Morgan fingerprint density at radius 1 is 1.19 bits per heavy atom. The van der Waals surface area contributed by atoms with Crippen LogP contribution in [-0.4, -0.2) is 16.8 Å². The number of nitrogens with zero attached hydrogens (tertiary/aromatic N) is 1. The fourth-order valence-electron chi connectivity index (χ4n) is 1.76. The summed E-state index contributed by atoms with van der Waals surface area (Å²) in [5, 5.41) is 0. The van der Waals surface area contributed by atoms with E-state index >= 15 is 0 Å². The summed E-state index contributed by atoms with van der Waals surface area (Å²) >= 11 is 0. The molecule has 0 bridgehead atoms. The third kappa shape index (κ3) is 1.33. The Hall–Kier alpha value is -1.71. The van der Waals surface area contributed by atoms with Crippen LogP contribution in [0.15, 0.2) is 12.1 Å².